The monoisotopic (exact) mass is 197 g/mol. The molecule has 0 radical (unpaired) electrons. The van der Waals surface area contributed by atoms with Crippen LogP contribution >= 0.6 is 0 Å². The molecular weight excluding hydrogens is 174 g/mol. The molecule has 0 N–H and O–H groups in total. The van der Waals surface area contributed by atoms with Gasteiger partial charge in [-0.15, -0.1) is 0 Å². The summed E-state index contributed by atoms with van der Waals surface area (Å²) in [4.78, 5) is 2.67. The Kier molecular flexibility index (Phi) is 3.45. The van der Waals surface area contributed by atoms with Crippen LogP contribution in [0.25, 0.3) is 0 Å². The Labute approximate surface area is 87.6 Å². The zero-order chi connectivity index (χ0) is 9.97. The molecule has 1 saturated carbocycles. The van der Waals surface area contributed by atoms with Crippen LogP contribution in [-0.4, -0.2) is 37.2 Å². The van der Waals surface area contributed by atoms with E-state index in [0.29, 0.717) is 6.04 Å². The second-order valence-corrected chi connectivity index (χ2v) is 5.30. The summed E-state index contributed by atoms with van der Waals surface area (Å²) in [5.74, 6) is 1.81. The summed E-state index contributed by atoms with van der Waals surface area (Å²) in [5, 5.41) is 0. The number of nitrogens with zero attached hydrogens (tertiary/aromatic N) is 1. The average Bonchev–Trinajstić information content (AvgIpc) is 2.91. The third kappa shape index (κ3) is 2.96. The van der Waals surface area contributed by atoms with Crippen molar-refractivity contribution in [3.8, 4) is 0 Å². The van der Waals surface area contributed by atoms with Gasteiger partial charge in [-0.1, -0.05) is 13.8 Å². The van der Waals surface area contributed by atoms with Crippen molar-refractivity contribution in [2.45, 2.75) is 39.2 Å². The quantitative estimate of drug-likeness (QED) is 0.684. The molecule has 1 saturated heterocycles. The third-order valence-corrected chi connectivity index (χ3v) is 3.28. The van der Waals surface area contributed by atoms with Crippen LogP contribution in [0.1, 0.15) is 33.1 Å². The second kappa shape index (κ2) is 4.63. The maximum absolute atomic E-state index is 5.57. The highest BCUT2D eigenvalue weighted by Crippen LogP contribution is 2.31. The SMILES string of the molecule is CC(C)CC1COCCN1CC1CC1. The van der Waals surface area contributed by atoms with Crippen LogP contribution in [0.3, 0.4) is 0 Å². The van der Waals surface area contributed by atoms with E-state index in [9.17, 15) is 0 Å². The number of hydrogen-bond acceptors (Lipinski definition) is 2. The zero-order valence-electron chi connectivity index (χ0n) is 9.54. The molecule has 1 heterocycles. The predicted octanol–water partition coefficient (Wildman–Crippen LogP) is 2.14. The Balaban J connectivity index is 1.82. The van der Waals surface area contributed by atoms with Crippen molar-refractivity contribution in [3.63, 3.8) is 0 Å². The van der Waals surface area contributed by atoms with E-state index >= 15 is 0 Å². The maximum atomic E-state index is 5.57. The van der Waals surface area contributed by atoms with Gasteiger partial charge in [0.25, 0.3) is 0 Å². The van der Waals surface area contributed by atoms with Gasteiger partial charge in [0.15, 0.2) is 0 Å². The fourth-order valence-electron chi connectivity index (χ4n) is 2.32. The van der Waals surface area contributed by atoms with Crippen LogP contribution in [0.5, 0.6) is 0 Å². The summed E-state index contributed by atoms with van der Waals surface area (Å²) in [6.45, 7) is 9.02. The van der Waals surface area contributed by atoms with E-state index in [2.05, 4.69) is 18.7 Å². The molecule has 1 aliphatic carbocycles. The fraction of sp³-hybridized carbons (Fsp3) is 1.00. The van der Waals surface area contributed by atoms with Crippen LogP contribution in [0, 0.1) is 11.8 Å². The predicted molar refractivity (Wildman–Crippen MR) is 58.4 cm³/mol. The first-order valence-corrected chi connectivity index (χ1v) is 6.07. The van der Waals surface area contributed by atoms with Gasteiger partial charge in [-0.3, -0.25) is 4.90 Å². The van der Waals surface area contributed by atoms with E-state index in [0.717, 1.165) is 31.6 Å². The molecule has 0 amide bonds. The molecule has 0 aromatic rings. The fourth-order valence-corrected chi connectivity index (χ4v) is 2.32. The average molecular weight is 197 g/mol. The van der Waals surface area contributed by atoms with Gasteiger partial charge in [-0.05, 0) is 31.1 Å². The Morgan fingerprint density at radius 2 is 2.14 bits per heavy atom. The minimum absolute atomic E-state index is 0.698. The molecule has 1 atom stereocenters. The molecule has 2 aliphatic rings. The number of ether oxygens (including phenoxy) is 1. The lowest BCUT2D eigenvalue weighted by Gasteiger charge is -2.36. The lowest BCUT2D eigenvalue weighted by atomic mass is 10.0. The number of morpholine rings is 1. The largest absolute Gasteiger partial charge is 0.378 e. The molecule has 0 spiro atoms. The van der Waals surface area contributed by atoms with Crippen LogP contribution in [0.2, 0.25) is 0 Å². The number of hydrogen-bond donors (Lipinski definition) is 0. The summed E-state index contributed by atoms with van der Waals surface area (Å²) in [6.07, 6.45) is 4.23. The van der Waals surface area contributed by atoms with Gasteiger partial charge in [-0.25, -0.2) is 0 Å². The molecule has 14 heavy (non-hydrogen) atoms. The van der Waals surface area contributed by atoms with Gasteiger partial charge in [0.05, 0.1) is 13.2 Å². The standard InChI is InChI=1S/C12H23NO/c1-10(2)7-12-9-14-6-5-13(12)8-11-3-4-11/h10-12H,3-9H2,1-2H3. The molecule has 82 valence electrons. The van der Waals surface area contributed by atoms with E-state index in [1.54, 1.807) is 0 Å². The summed E-state index contributed by atoms with van der Waals surface area (Å²) < 4.78 is 5.57. The molecule has 2 heteroatoms. The van der Waals surface area contributed by atoms with Crippen molar-refractivity contribution in [1.82, 2.24) is 4.90 Å². The maximum Gasteiger partial charge on any atom is 0.0622 e. The molecule has 0 aromatic heterocycles. The molecule has 2 fully saturated rings. The van der Waals surface area contributed by atoms with E-state index in [1.807, 2.05) is 0 Å². The van der Waals surface area contributed by atoms with Crippen molar-refractivity contribution >= 4 is 0 Å². The van der Waals surface area contributed by atoms with Crippen LogP contribution < -0.4 is 0 Å². The van der Waals surface area contributed by atoms with E-state index in [1.165, 1.54) is 25.8 Å². The van der Waals surface area contributed by atoms with Gasteiger partial charge in [0.1, 0.15) is 0 Å². The third-order valence-electron chi connectivity index (χ3n) is 3.28. The van der Waals surface area contributed by atoms with Crippen molar-refractivity contribution in [1.29, 1.82) is 0 Å². The Hall–Kier alpha value is -0.0800. The zero-order valence-corrected chi connectivity index (χ0v) is 9.54. The van der Waals surface area contributed by atoms with Gasteiger partial charge >= 0.3 is 0 Å². The van der Waals surface area contributed by atoms with Gasteiger partial charge in [-0.2, -0.15) is 0 Å². The summed E-state index contributed by atoms with van der Waals surface area (Å²) in [6, 6.07) is 0.698. The molecule has 1 aliphatic heterocycles. The summed E-state index contributed by atoms with van der Waals surface area (Å²) >= 11 is 0. The van der Waals surface area contributed by atoms with E-state index in [4.69, 9.17) is 4.74 Å². The van der Waals surface area contributed by atoms with E-state index < -0.39 is 0 Å². The number of rotatable bonds is 4. The minimum Gasteiger partial charge on any atom is -0.378 e. The minimum atomic E-state index is 0.698. The first-order valence-electron chi connectivity index (χ1n) is 6.07. The second-order valence-electron chi connectivity index (χ2n) is 5.30. The topological polar surface area (TPSA) is 12.5 Å². The lowest BCUT2D eigenvalue weighted by Crippen LogP contribution is -2.46. The first kappa shape index (κ1) is 10.4. The first-order chi connectivity index (χ1) is 6.75. The molecule has 0 bridgehead atoms. The Morgan fingerprint density at radius 3 is 2.79 bits per heavy atom. The van der Waals surface area contributed by atoms with Crippen LogP contribution in [0.4, 0.5) is 0 Å². The highest BCUT2D eigenvalue weighted by Gasteiger charge is 2.30. The summed E-state index contributed by atoms with van der Waals surface area (Å²) in [7, 11) is 0. The smallest absolute Gasteiger partial charge is 0.0622 e. The van der Waals surface area contributed by atoms with E-state index in [-0.39, 0.29) is 0 Å². The van der Waals surface area contributed by atoms with Crippen molar-refractivity contribution in [2.75, 3.05) is 26.3 Å². The molecule has 0 aromatic carbocycles. The normalized spacial score (nSPS) is 29.8. The molecule has 1 unspecified atom stereocenters. The molecule has 2 rings (SSSR count). The highest BCUT2D eigenvalue weighted by molar-refractivity contribution is 4.83. The molecule has 2 nitrogen and oxygen atoms in total. The van der Waals surface area contributed by atoms with Gasteiger partial charge in [0, 0.05) is 19.1 Å². The van der Waals surface area contributed by atoms with Crippen molar-refractivity contribution in [2.24, 2.45) is 11.8 Å². The van der Waals surface area contributed by atoms with Crippen LogP contribution in [0.15, 0.2) is 0 Å². The Morgan fingerprint density at radius 1 is 1.36 bits per heavy atom. The van der Waals surface area contributed by atoms with Gasteiger partial charge < -0.3 is 4.74 Å². The summed E-state index contributed by atoms with van der Waals surface area (Å²) in [5.41, 5.74) is 0. The van der Waals surface area contributed by atoms with Crippen molar-refractivity contribution in [3.05, 3.63) is 0 Å². The Bertz CT molecular complexity index is 165. The van der Waals surface area contributed by atoms with Crippen molar-refractivity contribution < 1.29 is 4.74 Å². The molecular formula is C12H23NO. The van der Waals surface area contributed by atoms with Gasteiger partial charge in [0.2, 0.25) is 0 Å². The highest BCUT2D eigenvalue weighted by atomic mass is 16.5. The van der Waals surface area contributed by atoms with Crippen LogP contribution in [-0.2, 0) is 4.74 Å². The lowest BCUT2D eigenvalue weighted by molar-refractivity contribution is -0.0164.